The quantitative estimate of drug-likeness (QED) is 0.703. The summed E-state index contributed by atoms with van der Waals surface area (Å²) in [5.74, 6) is 1.72. The van der Waals surface area contributed by atoms with Crippen LogP contribution in [0.4, 0.5) is 16.4 Å². The van der Waals surface area contributed by atoms with Crippen molar-refractivity contribution in [1.82, 2.24) is 4.98 Å². The van der Waals surface area contributed by atoms with Gasteiger partial charge >= 0.3 is 6.09 Å². The molecule has 1 aliphatic heterocycles. The Labute approximate surface area is 174 Å². The number of hydrogen-bond acceptors (Lipinski definition) is 5. The lowest BCUT2D eigenvalue weighted by Gasteiger charge is -2.38. The van der Waals surface area contributed by atoms with Gasteiger partial charge in [0.25, 0.3) is 0 Å². The van der Waals surface area contributed by atoms with Crippen LogP contribution in [0.3, 0.4) is 0 Å². The van der Waals surface area contributed by atoms with Crippen molar-refractivity contribution < 1.29 is 14.3 Å². The fourth-order valence-electron chi connectivity index (χ4n) is 4.10. The van der Waals surface area contributed by atoms with E-state index < -0.39 is 6.09 Å². The van der Waals surface area contributed by atoms with Crippen LogP contribution in [0.5, 0.6) is 0 Å². The molecule has 1 aliphatic rings. The Morgan fingerprint density at radius 3 is 2.62 bits per heavy atom. The number of ether oxygens (including phenoxy) is 2. The minimum atomic E-state index is -0.449. The Morgan fingerprint density at radius 2 is 2.07 bits per heavy atom. The van der Waals surface area contributed by atoms with E-state index in [4.69, 9.17) is 19.9 Å². The summed E-state index contributed by atoms with van der Waals surface area (Å²) in [7, 11) is 1.37. The van der Waals surface area contributed by atoms with Crippen LogP contribution in [0.1, 0.15) is 61.3 Å². The van der Waals surface area contributed by atoms with Gasteiger partial charge in [0, 0.05) is 25.1 Å². The summed E-state index contributed by atoms with van der Waals surface area (Å²) < 4.78 is 10.9. The second-order valence-corrected chi connectivity index (χ2v) is 9.18. The van der Waals surface area contributed by atoms with Gasteiger partial charge in [0.2, 0.25) is 0 Å². The number of carbonyl (C=O) groups is 1. The minimum Gasteiger partial charge on any atom is -0.452 e. The van der Waals surface area contributed by atoms with E-state index in [2.05, 4.69) is 27.7 Å². The predicted octanol–water partition coefficient (Wildman–Crippen LogP) is 4.85. The maximum absolute atomic E-state index is 12.3. The van der Waals surface area contributed by atoms with Crippen LogP contribution in [0.15, 0.2) is 18.2 Å². The summed E-state index contributed by atoms with van der Waals surface area (Å²) in [5, 5.41) is 8.66. The fourth-order valence-corrected chi connectivity index (χ4v) is 4.10. The average Bonchev–Trinajstić information content (AvgIpc) is 2.82. The molecule has 7 heteroatoms. The molecule has 1 aromatic heterocycles. The number of nitrogens with zero attached hydrogens (tertiary/aromatic N) is 3. The summed E-state index contributed by atoms with van der Waals surface area (Å²) in [6.45, 7) is 15.0. The second kappa shape index (κ2) is 8.69. The third kappa shape index (κ3) is 5.07. The first kappa shape index (κ1) is 23.1. The smallest absolute Gasteiger partial charge is 0.415 e. The van der Waals surface area contributed by atoms with Crippen molar-refractivity contribution in [2.24, 2.45) is 5.41 Å². The maximum atomic E-state index is 12.3. The van der Waals surface area contributed by atoms with E-state index in [9.17, 15) is 4.79 Å². The van der Waals surface area contributed by atoms with E-state index in [0.717, 1.165) is 6.42 Å². The highest BCUT2D eigenvalue weighted by molar-refractivity contribution is 5.99. The van der Waals surface area contributed by atoms with Crippen LogP contribution < -0.4 is 9.80 Å². The molecule has 7 nitrogen and oxygen atoms in total. The summed E-state index contributed by atoms with van der Waals surface area (Å²) in [6.07, 6.45) is 0.986. The number of methoxy groups -OCH3 is 1. The number of amidine groups is 1. The van der Waals surface area contributed by atoms with Crippen molar-refractivity contribution in [3.63, 3.8) is 0 Å². The van der Waals surface area contributed by atoms with E-state index in [1.165, 1.54) is 12.0 Å². The molecule has 0 aliphatic carbocycles. The normalized spacial score (nSPS) is 19.0. The SMILES string of the molecule is CCOC(C)(C)C[C@H]1N(c2cccc(N(C(=O)OC)C(C)C)n2)C(=N)CC1(C)C. The first-order chi connectivity index (χ1) is 13.4. The summed E-state index contributed by atoms with van der Waals surface area (Å²) in [5.41, 5.74) is -0.406. The third-order valence-corrected chi connectivity index (χ3v) is 5.45. The van der Waals surface area contributed by atoms with Crippen molar-refractivity contribution in [2.75, 3.05) is 23.5 Å². The van der Waals surface area contributed by atoms with Gasteiger partial charge < -0.3 is 14.4 Å². The number of rotatable bonds is 7. The van der Waals surface area contributed by atoms with E-state index in [0.29, 0.717) is 30.5 Å². The highest BCUT2D eigenvalue weighted by Crippen LogP contribution is 2.43. The Bertz CT molecular complexity index is 745. The van der Waals surface area contributed by atoms with Gasteiger partial charge in [-0.2, -0.15) is 0 Å². The molecular weight excluding hydrogens is 368 g/mol. The van der Waals surface area contributed by atoms with Crippen LogP contribution >= 0.6 is 0 Å². The summed E-state index contributed by atoms with van der Waals surface area (Å²) in [4.78, 5) is 20.5. The topological polar surface area (TPSA) is 78.8 Å². The van der Waals surface area contributed by atoms with E-state index >= 15 is 0 Å². The molecule has 0 saturated carbocycles. The van der Waals surface area contributed by atoms with Gasteiger partial charge in [-0.15, -0.1) is 0 Å². The van der Waals surface area contributed by atoms with Crippen molar-refractivity contribution in [3.05, 3.63) is 18.2 Å². The van der Waals surface area contributed by atoms with Crippen LogP contribution in [-0.2, 0) is 9.47 Å². The van der Waals surface area contributed by atoms with Gasteiger partial charge in [-0.05, 0) is 58.6 Å². The van der Waals surface area contributed by atoms with Gasteiger partial charge in [-0.25, -0.2) is 9.78 Å². The first-order valence-electron chi connectivity index (χ1n) is 10.3. The Hall–Kier alpha value is -2.15. The van der Waals surface area contributed by atoms with Gasteiger partial charge in [-0.3, -0.25) is 10.3 Å². The Balaban J connectivity index is 2.45. The molecule has 1 N–H and O–H groups in total. The standard InChI is InChI=1S/C22H36N4O3/c1-9-29-22(6,7)13-16-21(4,5)14-17(23)26(16)19-12-10-11-18(24-19)25(15(2)3)20(27)28-8/h10-12,15-16,23H,9,13-14H2,1-8H3/t16-/m1/s1. The molecule has 162 valence electrons. The summed E-state index contributed by atoms with van der Waals surface area (Å²) in [6, 6.07) is 5.52. The molecule has 2 heterocycles. The van der Waals surface area contributed by atoms with Gasteiger partial charge in [0.1, 0.15) is 17.5 Å². The molecular formula is C22H36N4O3. The number of aromatic nitrogens is 1. The molecule has 0 unspecified atom stereocenters. The van der Waals surface area contributed by atoms with Crippen LogP contribution in [0.25, 0.3) is 0 Å². The van der Waals surface area contributed by atoms with E-state index in [1.54, 1.807) is 6.07 Å². The zero-order valence-corrected chi connectivity index (χ0v) is 19.1. The molecule has 1 aromatic rings. The molecule has 1 saturated heterocycles. The van der Waals surface area contributed by atoms with Crippen LogP contribution in [0, 0.1) is 10.8 Å². The van der Waals surface area contributed by atoms with Gasteiger partial charge in [0.15, 0.2) is 0 Å². The number of pyridine rings is 1. The van der Waals surface area contributed by atoms with Crippen molar-refractivity contribution in [3.8, 4) is 0 Å². The molecule has 2 rings (SSSR count). The maximum Gasteiger partial charge on any atom is 0.415 e. The minimum absolute atomic E-state index is 0.0601. The molecule has 0 bridgehead atoms. The Kier molecular flexibility index (Phi) is 6.93. The predicted molar refractivity (Wildman–Crippen MR) is 117 cm³/mol. The summed E-state index contributed by atoms with van der Waals surface area (Å²) >= 11 is 0. The number of hydrogen-bond donors (Lipinski definition) is 1. The molecule has 29 heavy (non-hydrogen) atoms. The highest BCUT2D eigenvalue weighted by atomic mass is 16.5. The van der Waals surface area contributed by atoms with Crippen molar-refractivity contribution in [2.45, 2.75) is 79.0 Å². The molecule has 1 atom stereocenters. The lowest BCUT2D eigenvalue weighted by atomic mass is 9.79. The van der Waals surface area contributed by atoms with Crippen molar-refractivity contribution in [1.29, 1.82) is 5.41 Å². The lowest BCUT2D eigenvalue weighted by molar-refractivity contribution is -0.0265. The second-order valence-electron chi connectivity index (χ2n) is 9.18. The molecule has 1 amide bonds. The fraction of sp³-hybridized carbons (Fsp3) is 0.682. The van der Waals surface area contributed by atoms with Gasteiger partial charge in [-0.1, -0.05) is 19.9 Å². The third-order valence-electron chi connectivity index (χ3n) is 5.45. The number of nitrogens with one attached hydrogen (secondary N) is 1. The van der Waals surface area contributed by atoms with Crippen LogP contribution in [0.2, 0.25) is 0 Å². The van der Waals surface area contributed by atoms with Crippen molar-refractivity contribution >= 4 is 23.6 Å². The van der Waals surface area contributed by atoms with E-state index in [1.807, 2.05) is 37.8 Å². The number of amides is 1. The van der Waals surface area contributed by atoms with E-state index in [-0.39, 0.29) is 23.1 Å². The molecule has 1 fully saturated rings. The largest absolute Gasteiger partial charge is 0.452 e. The lowest BCUT2D eigenvalue weighted by Crippen LogP contribution is -2.44. The zero-order chi connectivity index (χ0) is 22.0. The monoisotopic (exact) mass is 404 g/mol. The molecule has 0 radical (unpaired) electrons. The average molecular weight is 405 g/mol. The first-order valence-corrected chi connectivity index (χ1v) is 10.3. The molecule has 0 aromatic carbocycles. The number of carbonyl (C=O) groups excluding carboxylic acids is 1. The van der Waals surface area contributed by atoms with Crippen LogP contribution in [-0.4, -0.2) is 48.3 Å². The van der Waals surface area contributed by atoms with Gasteiger partial charge in [0.05, 0.1) is 12.7 Å². The zero-order valence-electron chi connectivity index (χ0n) is 19.1. The molecule has 0 spiro atoms. The highest BCUT2D eigenvalue weighted by Gasteiger charge is 2.47. The Morgan fingerprint density at radius 1 is 1.41 bits per heavy atom. The number of anilines is 2.